The Labute approximate surface area is 170 Å². The maximum absolute atomic E-state index is 13.3. The number of rotatable bonds is 1. The van der Waals surface area contributed by atoms with Crippen molar-refractivity contribution in [3.05, 3.63) is 12.2 Å². The van der Waals surface area contributed by atoms with Crippen LogP contribution in [0.5, 0.6) is 0 Å². The van der Waals surface area contributed by atoms with Gasteiger partial charge >= 0.3 is 11.9 Å². The Hall–Kier alpha value is -1.44. The monoisotopic (exact) mass is 406 g/mol. The Morgan fingerprint density at radius 2 is 2.00 bits per heavy atom. The molecule has 29 heavy (non-hydrogen) atoms. The molecule has 0 aromatic rings. The quantitative estimate of drug-likeness (QED) is 0.503. The summed E-state index contributed by atoms with van der Waals surface area (Å²) in [6.07, 6.45) is -0.674. The molecule has 2 N–H and O–H groups in total. The number of ether oxygens (including phenoxy) is 3. The number of aliphatic hydroxyl groups excluding tert-OH is 2. The van der Waals surface area contributed by atoms with E-state index in [2.05, 4.69) is 20.4 Å². The van der Waals surface area contributed by atoms with Gasteiger partial charge in [-0.3, -0.25) is 9.59 Å². The third-order valence-corrected chi connectivity index (χ3v) is 8.74. The summed E-state index contributed by atoms with van der Waals surface area (Å²) in [5, 5.41) is 22.5. The molecule has 5 rings (SSSR count). The molecule has 2 spiro atoms. The minimum Gasteiger partial charge on any atom is -0.461 e. The van der Waals surface area contributed by atoms with E-state index in [-0.39, 0.29) is 23.9 Å². The lowest BCUT2D eigenvalue weighted by Gasteiger charge is -2.63. The number of esters is 2. The van der Waals surface area contributed by atoms with E-state index in [4.69, 9.17) is 14.2 Å². The molecule has 7 nitrogen and oxygen atoms in total. The molecule has 0 aromatic carbocycles. The summed E-state index contributed by atoms with van der Waals surface area (Å²) in [5.74, 6) is -1.73. The van der Waals surface area contributed by atoms with Gasteiger partial charge in [-0.15, -0.1) is 0 Å². The average molecular weight is 406 g/mol. The first kappa shape index (κ1) is 19.5. The molecule has 2 bridgehead atoms. The van der Waals surface area contributed by atoms with E-state index < -0.39 is 53.3 Å². The Balaban J connectivity index is 1.69. The smallest absolute Gasteiger partial charge is 0.315 e. The fraction of sp³-hybridized carbons (Fsp3) is 0.818. The fourth-order valence-corrected chi connectivity index (χ4v) is 7.81. The predicted octanol–water partition coefficient (Wildman–Crippen LogP) is 1.56. The third-order valence-electron chi connectivity index (χ3n) is 8.74. The average Bonchev–Trinajstić information content (AvgIpc) is 3.09. The molecule has 2 saturated heterocycles. The molecule has 9 atom stereocenters. The van der Waals surface area contributed by atoms with E-state index in [1.807, 2.05) is 0 Å². The van der Waals surface area contributed by atoms with Crippen molar-refractivity contribution in [1.29, 1.82) is 0 Å². The van der Waals surface area contributed by atoms with Crippen molar-refractivity contribution in [2.75, 3.05) is 6.61 Å². The van der Waals surface area contributed by atoms with Crippen LogP contribution in [0, 0.1) is 34.0 Å². The van der Waals surface area contributed by atoms with Gasteiger partial charge in [0, 0.05) is 24.2 Å². The first-order valence-corrected chi connectivity index (χ1v) is 10.6. The van der Waals surface area contributed by atoms with Crippen molar-refractivity contribution in [2.45, 2.75) is 71.1 Å². The highest BCUT2D eigenvalue weighted by Gasteiger charge is 2.79. The van der Waals surface area contributed by atoms with Gasteiger partial charge in [0.25, 0.3) is 0 Å². The van der Waals surface area contributed by atoms with E-state index in [1.165, 1.54) is 6.92 Å². The van der Waals surface area contributed by atoms with Crippen molar-refractivity contribution in [2.24, 2.45) is 34.0 Å². The van der Waals surface area contributed by atoms with Crippen LogP contribution in [0.15, 0.2) is 12.2 Å². The van der Waals surface area contributed by atoms with Gasteiger partial charge in [0.2, 0.25) is 6.29 Å². The van der Waals surface area contributed by atoms with Crippen LogP contribution in [0.25, 0.3) is 0 Å². The van der Waals surface area contributed by atoms with E-state index in [0.717, 1.165) is 6.42 Å². The zero-order chi connectivity index (χ0) is 20.9. The van der Waals surface area contributed by atoms with Crippen molar-refractivity contribution in [3.63, 3.8) is 0 Å². The van der Waals surface area contributed by atoms with Crippen LogP contribution in [0.4, 0.5) is 0 Å². The molecule has 0 radical (unpaired) electrons. The Morgan fingerprint density at radius 1 is 1.28 bits per heavy atom. The molecule has 3 aliphatic carbocycles. The highest BCUT2D eigenvalue weighted by Crippen LogP contribution is 2.72. The van der Waals surface area contributed by atoms with Gasteiger partial charge in [-0.05, 0) is 42.6 Å². The SMILES string of the molecule is C=C1C2CC(O)C3C(C2)(C(=O)OC2CCC(C)(C)C4C(OC(C)=O)OCC243)C1O. The topological polar surface area (TPSA) is 102 Å². The van der Waals surface area contributed by atoms with Crippen molar-refractivity contribution >= 4 is 11.9 Å². The molecule has 5 fully saturated rings. The van der Waals surface area contributed by atoms with Crippen LogP contribution in [0.2, 0.25) is 0 Å². The van der Waals surface area contributed by atoms with E-state index in [0.29, 0.717) is 24.8 Å². The van der Waals surface area contributed by atoms with Crippen LogP contribution >= 0.6 is 0 Å². The lowest BCUT2D eigenvalue weighted by molar-refractivity contribution is -0.265. The molecule has 9 unspecified atom stereocenters. The fourth-order valence-electron chi connectivity index (χ4n) is 7.81. The summed E-state index contributed by atoms with van der Waals surface area (Å²) in [6, 6.07) is 0. The minimum absolute atomic E-state index is 0.0987. The molecule has 7 heteroatoms. The molecule has 2 heterocycles. The van der Waals surface area contributed by atoms with Crippen LogP contribution in [-0.4, -0.2) is 53.4 Å². The second kappa shape index (κ2) is 5.83. The number of hydrogen-bond acceptors (Lipinski definition) is 7. The van der Waals surface area contributed by atoms with Gasteiger partial charge in [-0.1, -0.05) is 20.4 Å². The Morgan fingerprint density at radius 3 is 2.69 bits per heavy atom. The van der Waals surface area contributed by atoms with Gasteiger partial charge in [0.1, 0.15) is 11.5 Å². The van der Waals surface area contributed by atoms with Crippen LogP contribution < -0.4 is 0 Å². The summed E-state index contributed by atoms with van der Waals surface area (Å²) in [6.45, 7) is 9.85. The molecular weight excluding hydrogens is 376 g/mol. The first-order chi connectivity index (χ1) is 13.6. The van der Waals surface area contributed by atoms with E-state index in [9.17, 15) is 19.8 Å². The summed E-state index contributed by atoms with van der Waals surface area (Å²) < 4.78 is 17.6. The first-order valence-electron chi connectivity index (χ1n) is 10.6. The molecule has 0 aromatic heterocycles. The third kappa shape index (κ3) is 2.19. The van der Waals surface area contributed by atoms with Gasteiger partial charge in [-0.2, -0.15) is 0 Å². The summed E-state index contributed by atoms with van der Waals surface area (Å²) in [4.78, 5) is 25.1. The number of carbonyl (C=O) groups is 2. The number of fused-ring (bicyclic) bond motifs is 1. The predicted molar refractivity (Wildman–Crippen MR) is 100 cm³/mol. The summed E-state index contributed by atoms with van der Waals surface area (Å²) >= 11 is 0. The molecule has 3 saturated carbocycles. The number of carbonyl (C=O) groups excluding carboxylic acids is 2. The van der Waals surface area contributed by atoms with Gasteiger partial charge in [0.15, 0.2) is 0 Å². The molecule has 0 amide bonds. The van der Waals surface area contributed by atoms with E-state index in [1.54, 1.807) is 0 Å². The minimum atomic E-state index is -1.21. The zero-order valence-corrected chi connectivity index (χ0v) is 17.2. The largest absolute Gasteiger partial charge is 0.461 e. The molecule has 2 aliphatic heterocycles. The highest BCUT2D eigenvalue weighted by atomic mass is 16.7. The van der Waals surface area contributed by atoms with Gasteiger partial charge < -0.3 is 24.4 Å². The standard InChI is InChI=1S/C22H30O7/c1-10-12-7-13(24)15-21(8-12,17(10)25)19(26)29-14-5-6-20(3,4)16-18(28-11(2)23)27-9-22(14,15)16/h12-18,24-25H,1,5-9H2,2-4H3. The lowest BCUT2D eigenvalue weighted by atomic mass is 9.43. The van der Waals surface area contributed by atoms with Crippen LogP contribution in [0.3, 0.4) is 0 Å². The van der Waals surface area contributed by atoms with E-state index >= 15 is 0 Å². The Bertz CT molecular complexity index is 790. The van der Waals surface area contributed by atoms with Crippen LogP contribution in [-0.2, 0) is 23.8 Å². The second-order valence-corrected chi connectivity index (χ2v) is 10.5. The second-order valence-electron chi connectivity index (χ2n) is 10.5. The van der Waals surface area contributed by atoms with Crippen molar-refractivity contribution in [3.8, 4) is 0 Å². The molecule has 5 aliphatic rings. The summed E-state index contributed by atoms with van der Waals surface area (Å²) in [5.41, 5.74) is -1.57. The van der Waals surface area contributed by atoms with Gasteiger partial charge in [0.05, 0.1) is 18.8 Å². The normalized spacial score (nSPS) is 52.2. The van der Waals surface area contributed by atoms with Crippen molar-refractivity contribution in [1.82, 2.24) is 0 Å². The molecule has 160 valence electrons. The van der Waals surface area contributed by atoms with Crippen molar-refractivity contribution < 1.29 is 34.0 Å². The summed E-state index contributed by atoms with van der Waals surface area (Å²) in [7, 11) is 0. The molecular formula is C22H30O7. The lowest BCUT2D eigenvalue weighted by Crippen LogP contribution is -2.71. The maximum Gasteiger partial charge on any atom is 0.315 e. The highest BCUT2D eigenvalue weighted by molar-refractivity contribution is 5.82. The zero-order valence-electron chi connectivity index (χ0n) is 17.2. The number of aliphatic hydroxyl groups is 2. The van der Waals surface area contributed by atoms with Crippen LogP contribution in [0.1, 0.15) is 46.5 Å². The Kier molecular flexibility index (Phi) is 3.92. The van der Waals surface area contributed by atoms with Gasteiger partial charge in [-0.25, -0.2) is 0 Å². The number of hydrogen-bond donors (Lipinski definition) is 2. The maximum atomic E-state index is 13.3.